The van der Waals surface area contributed by atoms with E-state index in [1.54, 1.807) is 27.8 Å². The second-order valence-corrected chi connectivity index (χ2v) is 12.2. The summed E-state index contributed by atoms with van der Waals surface area (Å²) < 4.78 is 24.4. The van der Waals surface area contributed by atoms with Gasteiger partial charge < -0.3 is 23.8 Å². The fraction of sp³-hybridized carbons (Fsp3) is 0.862. The Kier molecular flexibility index (Phi) is 10.2. The first kappa shape index (κ1) is 32.2. The highest BCUT2D eigenvalue weighted by Crippen LogP contribution is 2.42. The van der Waals surface area contributed by atoms with Gasteiger partial charge in [0.1, 0.15) is 17.8 Å². The SMILES string of the molecule is CC[C@H]1OC(=O)[C@H](C)C(=O)[C@H](C)[C@@H](OC(C)C)[C@](C)(OC(C)C)C[C@@H](C)C(=O)[C@H](C)[C@H]2N(C)C(=O)O[C@]12C. The molecule has 0 aromatic carbocycles. The number of ketones is 2. The van der Waals surface area contributed by atoms with E-state index < -0.39 is 65.2 Å². The van der Waals surface area contributed by atoms with Crippen molar-refractivity contribution in [2.24, 2.45) is 23.7 Å². The topological polar surface area (TPSA) is 108 Å². The van der Waals surface area contributed by atoms with E-state index in [1.165, 1.54) is 11.8 Å². The molecule has 2 aliphatic heterocycles. The van der Waals surface area contributed by atoms with Crippen molar-refractivity contribution in [3.8, 4) is 0 Å². The summed E-state index contributed by atoms with van der Waals surface area (Å²) >= 11 is 0. The van der Waals surface area contributed by atoms with E-state index in [-0.39, 0.29) is 23.8 Å². The Balaban J connectivity index is 2.71. The number of amides is 1. The summed E-state index contributed by atoms with van der Waals surface area (Å²) in [5.41, 5.74) is -2.29. The number of carbonyl (C=O) groups excluding carboxylic acids is 4. The molecule has 218 valence electrons. The van der Waals surface area contributed by atoms with Crippen molar-refractivity contribution in [2.75, 3.05) is 7.05 Å². The van der Waals surface area contributed by atoms with Crippen LogP contribution in [0.5, 0.6) is 0 Å². The summed E-state index contributed by atoms with van der Waals surface area (Å²) in [7, 11) is 1.59. The van der Waals surface area contributed by atoms with Crippen LogP contribution in [0.3, 0.4) is 0 Å². The van der Waals surface area contributed by atoms with E-state index in [9.17, 15) is 19.2 Å². The van der Waals surface area contributed by atoms with E-state index in [0.29, 0.717) is 12.8 Å². The number of Topliss-reactive ketones (excluding diaryl/α,β-unsaturated/α-hetero) is 2. The Bertz CT molecular complexity index is 903. The van der Waals surface area contributed by atoms with Gasteiger partial charge in [-0.25, -0.2) is 4.79 Å². The molecule has 0 N–H and O–H groups in total. The van der Waals surface area contributed by atoms with Crippen LogP contribution in [0.4, 0.5) is 4.79 Å². The molecule has 0 saturated carbocycles. The van der Waals surface area contributed by atoms with Crippen molar-refractivity contribution < 1.29 is 38.1 Å². The Morgan fingerprint density at radius 2 is 1.53 bits per heavy atom. The largest absolute Gasteiger partial charge is 0.458 e. The minimum absolute atomic E-state index is 0.0705. The molecule has 1 amide bonds. The van der Waals surface area contributed by atoms with Crippen molar-refractivity contribution in [3.05, 3.63) is 0 Å². The molecule has 0 bridgehead atoms. The number of cyclic esters (lactones) is 1. The molecule has 0 aromatic heterocycles. The standard InChI is InChI=1S/C29H49NO8/c1-13-21-29(11)24(30(12)27(34)38-29)18(7)22(31)17(6)14-28(10,37-16(4)5)25(35-15(2)3)19(8)23(32)20(9)26(33)36-21/h15-21,24-25H,13-14H2,1-12H3/t17-,18+,19+,20-,21-,24-,25-,28-,29-/m1/s1. The predicted molar refractivity (Wildman–Crippen MR) is 143 cm³/mol. The lowest BCUT2D eigenvalue weighted by Crippen LogP contribution is -2.58. The number of fused-ring (bicyclic) bond motifs is 1. The van der Waals surface area contributed by atoms with E-state index in [0.717, 1.165) is 0 Å². The average Bonchev–Trinajstić information content (AvgIpc) is 3.05. The third kappa shape index (κ3) is 6.24. The monoisotopic (exact) mass is 539 g/mol. The molecule has 2 rings (SSSR count). The third-order valence-electron chi connectivity index (χ3n) is 8.20. The number of hydrogen-bond donors (Lipinski definition) is 0. The summed E-state index contributed by atoms with van der Waals surface area (Å²) in [5.74, 6) is -3.99. The lowest BCUT2D eigenvalue weighted by molar-refractivity contribution is -0.197. The van der Waals surface area contributed by atoms with Crippen LogP contribution in [-0.2, 0) is 33.3 Å². The number of carbonyl (C=O) groups is 4. The third-order valence-corrected chi connectivity index (χ3v) is 8.20. The Hall–Kier alpha value is -2.00. The molecular formula is C29H49NO8. The van der Waals surface area contributed by atoms with Gasteiger partial charge in [0.2, 0.25) is 0 Å². The molecule has 0 radical (unpaired) electrons. The zero-order chi connectivity index (χ0) is 29.3. The van der Waals surface area contributed by atoms with Gasteiger partial charge in [-0.2, -0.15) is 0 Å². The van der Waals surface area contributed by atoms with Gasteiger partial charge in [-0.05, 0) is 61.3 Å². The van der Waals surface area contributed by atoms with E-state index in [4.69, 9.17) is 18.9 Å². The van der Waals surface area contributed by atoms with Gasteiger partial charge in [0.15, 0.2) is 11.4 Å². The molecule has 2 aliphatic rings. The van der Waals surface area contributed by atoms with Crippen molar-refractivity contribution in [2.45, 2.75) is 131 Å². The van der Waals surface area contributed by atoms with Crippen LogP contribution in [0.15, 0.2) is 0 Å². The maximum atomic E-state index is 13.9. The summed E-state index contributed by atoms with van der Waals surface area (Å²) in [5, 5.41) is 0. The molecule has 0 aromatic rings. The number of esters is 1. The second kappa shape index (κ2) is 12.0. The van der Waals surface area contributed by atoms with Crippen LogP contribution in [0.2, 0.25) is 0 Å². The zero-order valence-corrected chi connectivity index (χ0v) is 25.3. The van der Waals surface area contributed by atoms with Gasteiger partial charge >= 0.3 is 12.1 Å². The molecule has 38 heavy (non-hydrogen) atoms. The zero-order valence-electron chi connectivity index (χ0n) is 25.3. The van der Waals surface area contributed by atoms with E-state index >= 15 is 0 Å². The molecule has 2 saturated heterocycles. The minimum atomic E-state index is -1.27. The molecule has 0 spiro atoms. The van der Waals surface area contributed by atoms with Crippen molar-refractivity contribution in [1.29, 1.82) is 0 Å². The Morgan fingerprint density at radius 3 is 2.03 bits per heavy atom. The smallest absolute Gasteiger partial charge is 0.410 e. The van der Waals surface area contributed by atoms with Crippen LogP contribution in [0.25, 0.3) is 0 Å². The van der Waals surface area contributed by atoms with Gasteiger partial charge in [0.25, 0.3) is 0 Å². The van der Waals surface area contributed by atoms with Crippen LogP contribution in [-0.4, -0.2) is 77.2 Å². The minimum Gasteiger partial charge on any atom is -0.458 e. The maximum Gasteiger partial charge on any atom is 0.410 e. The quantitative estimate of drug-likeness (QED) is 0.369. The molecule has 9 nitrogen and oxygen atoms in total. The lowest BCUT2D eigenvalue weighted by atomic mass is 9.73. The number of likely N-dealkylation sites (N-methyl/N-ethyl adjacent to an activating group) is 1. The average molecular weight is 540 g/mol. The van der Waals surface area contributed by atoms with Crippen molar-refractivity contribution in [1.82, 2.24) is 4.90 Å². The molecule has 0 unspecified atom stereocenters. The predicted octanol–water partition coefficient (Wildman–Crippen LogP) is 4.58. The normalized spacial score (nSPS) is 39.7. The molecule has 9 heteroatoms. The summed E-state index contributed by atoms with van der Waals surface area (Å²) in [6.07, 6.45) is -1.94. The van der Waals surface area contributed by atoms with Crippen molar-refractivity contribution in [3.63, 3.8) is 0 Å². The van der Waals surface area contributed by atoms with Gasteiger partial charge in [0.05, 0.1) is 30.0 Å². The number of rotatable bonds is 5. The molecule has 2 fully saturated rings. The highest BCUT2D eigenvalue weighted by molar-refractivity contribution is 6.00. The van der Waals surface area contributed by atoms with E-state index in [2.05, 4.69) is 0 Å². The van der Waals surface area contributed by atoms with Gasteiger partial charge in [-0.1, -0.05) is 27.7 Å². The number of nitrogens with zero attached hydrogens (tertiary/aromatic N) is 1. The van der Waals surface area contributed by atoms with Crippen LogP contribution >= 0.6 is 0 Å². The van der Waals surface area contributed by atoms with Crippen LogP contribution in [0, 0.1) is 23.7 Å². The summed E-state index contributed by atoms with van der Waals surface area (Å²) in [6.45, 7) is 19.9. The lowest BCUT2D eigenvalue weighted by Gasteiger charge is -2.45. The summed E-state index contributed by atoms with van der Waals surface area (Å²) in [4.78, 5) is 55.2. The summed E-state index contributed by atoms with van der Waals surface area (Å²) in [6, 6.07) is -0.671. The molecule has 2 heterocycles. The highest BCUT2D eigenvalue weighted by atomic mass is 16.6. The van der Waals surface area contributed by atoms with Gasteiger partial charge in [0, 0.05) is 24.8 Å². The van der Waals surface area contributed by atoms with Crippen LogP contribution < -0.4 is 0 Å². The maximum absolute atomic E-state index is 13.9. The Morgan fingerprint density at radius 1 is 0.947 bits per heavy atom. The number of ether oxygens (including phenoxy) is 4. The second-order valence-electron chi connectivity index (χ2n) is 12.2. The first-order valence-corrected chi connectivity index (χ1v) is 14.0. The fourth-order valence-corrected chi connectivity index (χ4v) is 6.58. The molecule has 9 atom stereocenters. The van der Waals surface area contributed by atoms with Crippen LogP contribution in [0.1, 0.15) is 89.0 Å². The Labute approximate surface area is 228 Å². The molecular weight excluding hydrogens is 490 g/mol. The first-order valence-electron chi connectivity index (χ1n) is 14.0. The van der Waals surface area contributed by atoms with Gasteiger partial charge in [-0.3, -0.25) is 14.4 Å². The van der Waals surface area contributed by atoms with Crippen molar-refractivity contribution >= 4 is 23.6 Å². The first-order chi connectivity index (χ1) is 17.4. The number of hydrogen-bond acceptors (Lipinski definition) is 8. The highest BCUT2D eigenvalue weighted by Gasteiger charge is 2.59. The fourth-order valence-electron chi connectivity index (χ4n) is 6.58. The van der Waals surface area contributed by atoms with E-state index in [1.807, 2.05) is 48.5 Å². The molecule has 0 aliphatic carbocycles. The van der Waals surface area contributed by atoms with Gasteiger partial charge in [-0.15, -0.1) is 0 Å².